The molecule has 1 amide bonds. The fraction of sp³-hybridized carbons (Fsp3) is 0.364. The SMILES string of the molecule is CCOC(=O)c1ccccc1NC(=O)C1CCN(Cc2ccc(Cl)c(Cl)c2)CC1. The van der Waals surface area contributed by atoms with E-state index in [9.17, 15) is 9.59 Å². The molecular weight excluding hydrogens is 411 g/mol. The van der Waals surface area contributed by atoms with Gasteiger partial charge in [0.15, 0.2) is 0 Å². The highest BCUT2D eigenvalue weighted by atomic mass is 35.5. The first-order valence-corrected chi connectivity index (χ1v) is 10.5. The minimum absolute atomic E-state index is 0.0593. The van der Waals surface area contributed by atoms with Crippen LogP contribution in [0.15, 0.2) is 42.5 Å². The summed E-state index contributed by atoms with van der Waals surface area (Å²) in [5, 5.41) is 4.01. The van der Waals surface area contributed by atoms with Crippen LogP contribution in [0.5, 0.6) is 0 Å². The fourth-order valence-electron chi connectivity index (χ4n) is 3.46. The maximum absolute atomic E-state index is 12.7. The van der Waals surface area contributed by atoms with E-state index in [1.54, 1.807) is 37.3 Å². The van der Waals surface area contributed by atoms with Crippen molar-refractivity contribution >= 4 is 40.8 Å². The smallest absolute Gasteiger partial charge is 0.340 e. The molecule has 1 saturated heterocycles. The molecular formula is C22H24Cl2N2O3. The highest BCUT2D eigenvalue weighted by molar-refractivity contribution is 6.42. The molecule has 2 aromatic carbocycles. The van der Waals surface area contributed by atoms with Crippen molar-refractivity contribution in [3.8, 4) is 0 Å². The summed E-state index contributed by atoms with van der Waals surface area (Å²) in [5.41, 5.74) is 1.97. The van der Waals surface area contributed by atoms with E-state index in [0.717, 1.165) is 38.0 Å². The van der Waals surface area contributed by atoms with Gasteiger partial charge in [-0.2, -0.15) is 0 Å². The van der Waals surface area contributed by atoms with Crippen molar-refractivity contribution in [3.05, 3.63) is 63.6 Å². The molecule has 0 bridgehead atoms. The Morgan fingerprint density at radius 1 is 1.10 bits per heavy atom. The van der Waals surface area contributed by atoms with E-state index in [1.807, 2.05) is 12.1 Å². The molecule has 0 aromatic heterocycles. The lowest BCUT2D eigenvalue weighted by Gasteiger charge is -2.31. The molecule has 1 aliphatic heterocycles. The van der Waals surface area contributed by atoms with Crippen molar-refractivity contribution < 1.29 is 14.3 Å². The Morgan fingerprint density at radius 2 is 1.83 bits per heavy atom. The van der Waals surface area contributed by atoms with Crippen LogP contribution in [-0.2, 0) is 16.1 Å². The van der Waals surface area contributed by atoms with E-state index in [-0.39, 0.29) is 11.8 Å². The molecule has 0 radical (unpaired) electrons. The molecule has 0 saturated carbocycles. The van der Waals surface area contributed by atoms with Gasteiger partial charge in [-0.15, -0.1) is 0 Å². The van der Waals surface area contributed by atoms with Gasteiger partial charge >= 0.3 is 5.97 Å². The van der Waals surface area contributed by atoms with Crippen LogP contribution in [0.2, 0.25) is 10.0 Å². The van der Waals surface area contributed by atoms with Crippen LogP contribution >= 0.6 is 23.2 Å². The van der Waals surface area contributed by atoms with Gasteiger partial charge < -0.3 is 10.1 Å². The number of nitrogens with one attached hydrogen (secondary N) is 1. The number of hydrogen-bond acceptors (Lipinski definition) is 4. The molecule has 1 N–H and O–H groups in total. The standard InChI is InChI=1S/C22H24Cl2N2O3/c1-2-29-22(28)17-5-3-4-6-20(17)25-21(27)16-9-11-26(12-10-16)14-15-7-8-18(23)19(24)13-15/h3-8,13,16H,2,9-12,14H2,1H3,(H,25,27). The third kappa shape index (κ3) is 5.72. The van der Waals surface area contributed by atoms with E-state index >= 15 is 0 Å². The third-order valence-electron chi connectivity index (χ3n) is 5.03. The monoisotopic (exact) mass is 434 g/mol. The topological polar surface area (TPSA) is 58.6 Å². The summed E-state index contributed by atoms with van der Waals surface area (Å²) in [7, 11) is 0. The maximum atomic E-state index is 12.7. The number of para-hydroxylation sites is 1. The number of esters is 1. The zero-order valence-corrected chi connectivity index (χ0v) is 17.8. The average molecular weight is 435 g/mol. The predicted molar refractivity (Wildman–Crippen MR) is 115 cm³/mol. The van der Waals surface area contributed by atoms with Gasteiger partial charge in [0.05, 0.1) is 27.9 Å². The van der Waals surface area contributed by atoms with Gasteiger partial charge in [0, 0.05) is 12.5 Å². The second-order valence-electron chi connectivity index (χ2n) is 7.05. The molecule has 1 aliphatic rings. The van der Waals surface area contributed by atoms with Crippen LogP contribution in [0.1, 0.15) is 35.7 Å². The molecule has 0 atom stereocenters. The molecule has 29 heavy (non-hydrogen) atoms. The number of carbonyl (C=O) groups is 2. The minimum Gasteiger partial charge on any atom is -0.462 e. The summed E-state index contributed by atoms with van der Waals surface area (Å²) >= 11 is 12.1. The number of amides is 1. The van der Waals surface area contributed by atoms with E-state index in [0.29, 0.717) is 27.9 Å². The second-order valence-corrected chi connectivity index (χ2v) is 7.87. The molecule has 0 spiro atoms. The Morgan fingerprint density at radius 3 is 2.52 bits per heavy atom. The number of anilines is 1. The molecule has 5 nitrogen and oxygen atoms in total. The Hall–Kier alpha value is -2.08. The molecule has 154 valence electrons. The quantitative estimate of drug-likeness (QED) is 0.648. The second kappa shape index (κ2) is 10.1. The van der Waals surface area contributed by atoms with Gasteiger partial charge in [0.1, 0.15) is 0 Å². The van der Waals surface area contributed by atoms with Crippen LogP contribution in [0.4, 0.5) is 5.69 Å². The molecule has 0 aliphatic carbocycles. The van der Waals surface area contributed by atoms with Gasteiger partial charge in [-0.1, -0.05) is 41.4 Å². The number of carbonyl (C=O) groups excluding carboxylic acids is 2. The highest BCUT2D eigenvalue weighted by Crippen LogP contribution is 2.26. The zero-order chi connectivity index (χ0) is 20.8. The first-order valence-electron chi connectivity index (χ1n) is 9.71. The van der Waals surface area contributed by atoms with E-state index in [4.69, 9.17) is 27.9 Å². The van der Waals surface area contributed by atoms with Crippen LogP contribution in [-0.4, -0.2) is 36.5 Å². The Bertz CT molecular complexity index is 880. The molecule has 2 aromatic rings. The average Bonchev–Trinajstić information content (AvgIpc) is 2.72. The number of rotatable bonds is 6. The maximum Gasteiger partial charge on any atom is 0.340 e. The molecule has 0 unspecified atom stereocenters. The normalized spacial score (nSPS) is 15.1. The number of hydrogen-bond donors (Lipinski definition) is 1. The number of piperidine rings is 1. The largest absolute Gasteiger partial charge is 0.462 e. The molecule has 1 heterocycles. The lowest BCUT2D eigenvalue weighted by Crippen LogP contribution is -2.37. The predicted octanol–water partition coefficient (Wildman–Crippen LogP) is 5.02. The Labute approximate surface area is 180 Å². The first-order chi connectivity index (χ1) is 14.0. The van der Waals surface area contributed by atoms with Gasteiger partial charge in [0.25, 0.3) is 0 Å². The van der Waals surface area contributed by atoms with Crippen LogP contribution in [0.25, 0.3) is 0 Å². The third-order valence-corrected chi connectivity index (χ3v) is 5.77. The first kappa shape index (κ1) is 21.6. The van der Waals surface area contributed by atoms with Gasteiger partial charge in [-0.25, -0.2) is 4.79 Å². The van der Waals surface area contributed by atoms with Crippen molar-refractivity contribution in [1.82, 2.24) is 4.90 Å². The number of ether oxygens (including phenoxy) is 1. The highest BCUT2D eigenvalue weighted by Gasteiger charge is 2.26. The summed E-state index contributed by atoms with van der Waals surface area (Å²) in [6, 6.07) is 12.6. The lowest BCUT2D eigenvalue weighted by molar-refractivity contribution is -0.121. The molecule has 7 heteroatoms. The minimum atomic E-state index is -0.431. The van der Waals surface area contributed by atoms with Crippen molar-refractivity contribution in [2.75, 3.05) is 25.0 Å². The number of benzene rings is 2. The zero-order valence-electron chi connectivity index (χ0n) is 16.3. The summed E-state index contributed by atoms with van der Waals surface area (Å²) in [4.78, 5) is 27.1. The number of nitrogens with zero attached hydrogens (tertiary/aromatic N) is 1. The Kier molecular flexibility index (Phi) is 7.53. The van der Waals surface area contributed by atoms with Crippen molar-refractivity contribution in [2.45, 2.75) is 26.3 Å². The fourth-order valence-corrected chi connectivity index (χ4v) is 3.78. The summed E-state index contributed by atoms with van der Waals surface area (Å²) in [6.07, 6.45) is 1.52. The van der Waals surface area contributed by atoms with Crippen LogP contribution in [0.3, 0.4) is 0 Å². The van der Waals surface area contributed by atoms with Gasteiger partial charge in [0.2, 0.25) is 5.91 Å². The van der Waals surface area contributed by atoms with Gasteiger partial charge in [-0.3, -0.25) is 9.69 Å². The van der Waals surface area contributed by atoms with E-state index in [2.05, 4.69) is 10.2 Å². The number of likely N-dealkylation sites (tertiary alicyclic amines) is 1. The summed E-state index contributed by atoms with van der Waals surface area (Å²) < 4.78 is 5.07. The summed E-state index contributed by atoms with van der Waals surface area (Å²) in [5.74, 6) is -0.578. The van der Waals surface area contributed by atoms with Crippen molar-refractivity contribution in [3.63, 3.8) is 0 Å². The van der Waals surface area contributed by atoms with Gasteiger partial charge in [-0.05, 0) is 62.7 Å². The van der Waals surface area contributed by atoms with Crippen LogP contribution in [0, 0.1) is 5.92 Å². The van der Waals surface area contributed by atoms with Crippen molar-refractivity contribution in [2.24, 2.45) is 5.92 Å². The van der Waals surface area contributed by atoms with Crippen molar-refractivity contribution in [1.29, 1.82) is 0 Å². The molecule has 3 rings (SSSR count). The molecule has 1 fully saturated rings. The Balaban J connectivity index is 1.55. The lowest BCUT2D eigenvalue weighted by atomic mass is 9.95. The van der Waals surface area contributed by atoms with E-state index in [1.165, 1.54) is 0 Å². The van der Waals surface area contributed by atoms with E-state index < -0.39 is 5.97 Å². The van der Waals surface area contributed by atoms with Crippen LogP contribution < -0.4 is 5.32 Å². The number of halogens is 2. The summed E-state index contributed by atoms with van der Waals surface area (Å²) in [6.45, 7) is 4.45.